The van der Waals surface area contributed by atoms with Crippen molar-refractivity contribution in [2.24, 2.45) is 0 Å². The predicted molar refractivity (Wildman–Crippen MR) is 49.5 cm³/mol. The second-order valence-corrected chi connectivity index (χ2v) is 2.52. The van der Waals surface area contributed by atoms with E-state index < -0.39 is 0 Å². The molecule has 0 aliphatic rings. The van der Waals surface area contributed by atoms with Gasteiger partial charge in [-0.2, -0.15) is 0 Å². The molecule has 0 atom stereocenters. The van der Waals surface area contributed by atoms with Gasteiger partial charge in [-0.05, 0) is 38.0 Å². The van der Waals surface area contributed by atoms with Crippen LogP contribution in [-0.4, -0.2) is 19.8 Å². The normalized spacial score (nSPS) is 8.70. The van der Waals surface area contributed by atoms with Crippen molar-refractivity contribution in [3.63, 3.8) is 0 Å². The van der Waals surface area contributed by atoms with Gasteiger partial charge in [0.1, 0.15) is 0 Å². The van der Waals surface area contributed by atoms with Gasteiger partial charge in [0.15, 0.2) is 0 Å². The summed E-state index contributed by atoms with van der Waals surface area (Å²) < 4.78 is 0. The van der Waals surface area contributed by atoms with Crippen molar-refractivity contribution >= 4 is 19.8 Å². The summed E-state index contributed by atoms with van der Waals surface area (Å²) in [4.78, 5) is 0. The van der Waals surface area contributed by atoms with Crippen molar-refractivity contribution in [3.8, 4) is 0 Å². The molecule has 0 saturated carbocycles. The van der Waals surface area contributed by atoms with E-state index >= 15 is 0 Å². The molecule has 1 aromatic rings. The predicted octanol–water partition coefficient (Wildman–Crippen LogP) is 2.52. The fourth-order valence-electron chi connectivity index (χ4n) is 1.11. The summed E-state index contributed by atoms with van der Waals surface area (Å²) in [6.45, 7) is 6.24. The molecule has 0 aliphatic heterocycles. The molecular weight excluding hydrogens is 178 g/mol. The SMILES string of the molecule is Cc1[c]c(C)cc(C)c1.[Ga].[HH].[HH]. The standard InChI is InChI=1S/C9H11.Ga.2H2/c1-7-4-8(2)6-9(3)5-7;;;/h4-5H,1-3H3;;2*1H. The van der Waals surface area contributed by atoms with Crippen LogP contribution >= 0.6 is 0 Å². The fraction of sp³-hybridized carbons (Fsp3) is 0.333. The molecule has 0 aromatic heterocycles. The molecule has 0 unspecified atom stereocenters. The average molecular weight is 193 g/mol. The number of rotatable bonds is 0. The zero-order valence-corrected chi connectivity index (χ0v) is 9.15. The minimum absolute atomic E-state index is 0. The van der Waals surface area contributed by atoms with Gasteiger partial charge >= 0.3 is 0 Å². The molecule has 0 fully saturated rings. The zero-order chi connectivity index (χ0) is 6.85. The van der Waals surface area contributed by atoms with E-state index in [-0.39, 0.29) is 22.6 Å². The molecule has 0 saturated heterocycles. The van der Waals surface area contributed by atoms with Gasteiger partial charge in [0.25, 0.3) is 0 Å². The topological polar surface area (TPSA) is 0 Å². The Morgan fingerprint density at radius 3 is 1.80 bits per heavy atom. The zero-order valence-electron chi connectivity index (χ0n) is 6.73. The van der Waals surface area contributed by atoms with Crippen molar-refractivity contribution in [3.05, 3.63) is 34.9 Å². The van der Waals surface area contributed by atoms with E-state index in [0.29, 0.717) is 0 Å². The van der Waals surface area contributed by atoms with Gasteiger partial charge in [0.05, 0.1) is 0 Å². The molecule has 0 N–H and O–H groups in total. The van der Waals surface area contributed by atoms with Crippen LogP contribution in [0.1, 0.15) is 19.5 Å². The van der Waals surface area contributed by atoms with E-state index in [1.54, 1.807) is 0 Å². The Morgan fingerprint density at radius 1 is 1.10 bits per heavy atom. The van der Waals surface area contributed by atoms with Crippen molar-refractivity contribution in [2.45, 2.75) is 20.8 Å². The fourth-order valence-corrected chi connectivity index (χ4v) is 1.11. The van der Waals surface area contributed by atoms with Gasteiger partial charge in [0.2, 0.25) is 0 Å². The summed E-state index contributed by atoms with van der Waals surface area (Å²) in [6, 6.07) is 7.47. The first-order valence-corrected chi connectivity index (χ1v) is 3.15. The number of benzene rings is 1. The second kappa shape index (κ2) is 3.89. The molecule has 0 bridgehead atoms. The van der Waals surface area contributed by atoms with Gasteiger partial charge in [-0.15, -0.1) is 0 Å². The minimum atomic E-state index is 0. The first-order valence-electron chi connectivity index (χ1n) is 3.15. The van der Waals surface area contributed by atoms with E-state index in [4.69, 9.17) is 0 Å². The van der Waals surface area contributed by atoms with E-state index in [0.717, 1.165) is 0 Å². The molecular formula is C9H15Ga. The summed E-state index contributed by atoms with van der Waals surface area (Å²) in [7, 11) is 0. The van der Waals surface area contributed by atoms with Crippen LogP contribution in [0.3, 0.4) is 0 Å². The number of hydrogen-bond donors (Lipinski definition) is 0. The number of aryl methyl sites for hydroxylation is 3. The van der Waals surface area contributed by atoms with Gasteiger partial charge in [-0.3, -0.25) is 0 Å². The smallest absolute Gasteiger partial charge is 0 e. The molecule has 1 heteroatoms. The van der Waals surface area contributed by atoms with Crippen molar-refractivity contribution in [1.82, 2.24) is 0 Å². The third kappa shape index (κ3) is 2.63. The monoisotopic (exact) mass is 192 g/mol. The third-order valence-electron chi connectivity index (χ3n) is 1.28. The average Bonchev–Trinajstić information content (AvgIpc) is 1.59. The van der Waals surface area contributed by atoms with Gasteiger partial charge in [0, 0.05) is 22.6 Å². The molecule has 0 amide bonds. The maximum Gasteiger partial charge on any atom is 0 e. The Bertz CT molecular complexity index is 173. The molecule has 4 radical (unpaired) electrons. The Labute approximate surface area is 78.7 Å². The molecule has 0 nitrogen and oxygen atoms in total. The van der Waals surface area contributed by atoms with Crippen molar-refractivity contribution in [1.29, 1.82) is 0 Å². The van der Waals surface area contributed by atoms with Crippen LogP contribution in [-0.2, 0) is 0 Å². The first-order chi connectivity index (χ1) is 4.18. The minimum Gasteiger partial charge on any atom is -0.0557 e. The summed E-state index contributed by atoms with van der Waals surface area (Å²) >= 11 is 0. The Kier molecular flexibility index (Phi) is 3.83. The summed E-state index contributed by atoms with van der Waals surface area (Å²) in [5, 5.41) is 0. The van der Waals surface area contributed by atoms with Crippen LogP contribution in [0.5, 0.6) is 0 Å². The van der Waals surface area contributed by atoms with Crippen LogP contribution < -0.4 is 0 Å². The molecule has 1 rings (SSSR count). The largest absolute Gasteiger partial charge is 0.0557 e. The van der Waals surface area contributed by atoms with Crippen LogP contribution in [0.15, 0.2) is 12.1 Å². The van der Waals surface area contributed by atoms with Crippen LogP contribution in [0.4, 0.5) is 0 Å². The van der Waals surface area contributed by atoms with Crippen molar-refractivity contribution in [2.75, 3.05) is 0 Å². The van der Waals surface area contributed by atoms with Gasteiger partial charge in [-0.1, -0.05) is 17.7 Å². The molecule has 10 heavy (non-hydrogen) atoms. The Morgan fingerprint density at radius 2 is 1.50 bits per heavy atom. The van der Waals surface area contributed by atoms with E-state index in [9.17, 15) is 0 Å². The third-order valence-corrected chi connectivity index (χ3v) is 1.28. The van der Waals surface area contributed by atoms with Crippen LogP contribution in [0.25, 0.3) is 0 Å². The Balaban J connectivity index is -0.000000270. The van der Waals surface area contributed by atoms with Crippen LogP contribution in [0.2, 0.25) is 0 Å². The summed E-state index contributed by atoms with van der Waals surface area (Å²) in [5.74, 6) is 0. The van der Waals surface area contributed by atoms with Crippen molar-refractivity contribution < 1.29 is 2.85 Å². The molecule has 0 spiro atoms. The van der Waals surface area contributed by atoms with E-state index in [2.05, 4.69) is 39.0 Å². The van der Waals surface area contributed by atoms with E-state index in [1.165, 1.54) is 16.7 Å². The molecule has 1 aromatic carbocycles. The quantitative estimate of drug-likeness (QED) is 0.555. The molecule has 0 aliphatic carbocycles. The Hall–Kier alpha value is -0.144. The number of hydrogen-bond acceptors (Lipinski definition) is 0. The molecule has 54 valence electrons. The van der Waals surface area contributed by atoms with Gasteiger partial charge < -0.3 is 0 Å². The van der Waals surface area contributed by atoms with Crippen LogP contribution in [0, 0.1) is 26.8 Å². The van der Waals surface area contributed by atoms with E-state index in [1.807, 2.05) is 0 Å². The maximum absolute atomic E-state index is 3.21. The van der Waals surface area contributed by atoms with Gasteiger partial charge in [-0.25, -0.2) is 0 Å². The first kappa shape index (κ1) is 9.86. The summed E-state index contributed by atoms with van der Waals surface area (Å²) in [6.07, 6.45) is 0. The second-order valence-electron chi connectivity index (χ2n) is 2.52. The maximum atomic E-state index is 3.21. The summed E-state index contributed by atoms with van der Waals surface area (Å²) in [5.41, 5.74) is 3.78. The molecule has 0 heterocycles.